The first-order valence-electron chi connectivity index (χ1n) is 7.54. The van der Waals surface area contributed by atoms with Crippen LogP contribution in [-0.4, -0.2) is 10.7 Å². The number of rotatable bonds is 4. The van der Waals surface area contributed by atoms with E-state index in [-0.39, 0.29) is 5.82 Å². The number of benzene rings is 1. The molecule has 1 fully saturated rings. The van der Waals surface area contributed by atoms with Crippen molar-refractivity contribution in [2.75, 3.05) is 0 Å². The summed E-state index contributed by atoms with van der Waals surface area (Å²) in [6.07, 6.45) is 5.41. The summed E-state index contributed by atoms with van der Waals surface area (Å²) in [5.74, 6) is 1.02. The molecule has 0 bridgehead atoms. The van der Waals surface area contributed by atoms with Crippen molar-refractivity contribution in [2.24, 2.45) is 11.8 Å². The Morgan fingerprint density at radius 2 is 2.20 bits per heavy atom. The average Bonchev–Trinajstić information content (AvgIpc) is 2.32. The van der Waals surface area contributed by atoms with E-state index in [9.17, 15) is 9.50 Å². The van der Waals surface area contributed by atoms with Crippen LogP contribution in [0.5, 0.6) is 0 Å². The first kappa shape index (κ1) is 16.0. The van der Waals surface area contributed by atoms with Crippen molar-refractivity contribution in [3.63, 3.8) is 0 Å². The fourth-order valence-corrected chi connectivity index (χ4v) is 3.93. The molecular weight excluding hydrogens is 319 g/mol. The van der Waals surface area contributed by atoms with Gasteiger partial charge in [0.1, 0.15) is 5.82 Å². The molecule has 0 spiro atoms. The van der Waals surface area contributed by atoms with Gasteiger partial charge in [-0.25, -0.2) is 4.39 Å². The molecule has 0 aromatic heterocycles. The molecule has 1 aliphatic carbocycles. The van der Waals surface area contributed by atoms with Gasteiger partial charge in [-0.05, 0) is 54.9 Å². The van der Waals surface area contributed by atoms with Crippen LogP contribution in [0.15, 0.2) is 22.7 Å². The third kappa shape index (κ3) is 4.29. The van der Waals surface area contributed by atoms with Gasteiger partial charge in [0.25, 0.3) is 0 Å². The van der Waals surface area contributed by atoms with Gasteiger partial charge in [-0.2, -0.15) is 0 Å². The zero-order valence-corrected chi connectivity index (χ0v) is 13.9. The van der Waals surface area contributed by atoms with Gasteiger partial charge in [-0.15, -0.1) is 0 Å². The van der Waals surface area contributed by atoms with E-state index < -0.39 is 5.60 Å². The van der Waals surface area contributed by atoms with Gasteiger partial charge in [0.05, 0.1) is 5.60 Å². The molecule has 20 heavy (non-hydrogen) atoms. The molecule has 0 saturated heterocycles. The lowest BCUT2D eigenvalue weighted by molar-refractivity contribution is -0.0195. The third-order valence-corrected chi connectivity index (χ3v) is 4.75. The Bertz CT molecular complexity index is 460. The Morgan fingerprint density at radius 3 is 2.90 bits per heavy atom. The largest absolute Gasteiger partial charge is 0.390 e. The lowest BCUT2D eigenvalue weighted by atomic mass is 9.73. The van der Waals surface area contributed by atoms with Gasteiger partial charge in [-0.1, -0.05) is 42.6 Å². The summed E-state index contributed by atoms with van der Waals surface area (Å²) in [4.78, 5) is 0. The maximum atomic E-state index is 13.9. The summed E-state index contributed by atoms with van der Waals surface area (Å²) in [7, 11) is 0. The van der Waals surface area contributed by atoms with Crippen molar-refractivity contribution in [1.29, 1.82) is 0 Å². The summed E-state index contributed by atoms with van der Waals surface area (Å²) >= 11 is 3.38. The van der Waals surface area contributed by atoms with Gasteiger partial charge in [0.2, 0.25) is 0 Å². The van der Waals surface area contributed by atoms with Crippen LogP contribution in [0, 0.1) is 17.7 Å². The SMILES string of the molecule is CC(C)CC1CCCC(O)(Cc2cc(Br)ccc2F)C1. The van der Waals surface area contributed by atoms with E-state index in [0.717, 1.165) is 30.2 Å². The van der Waals surface area contributed by atoms with Gasteiger partial charge in [-0.3, -0.25) is 0 Å². The molecule has 1 aromatic rings. The average molecular weight is 343 g/mol. The lowest BCUT2D eigenvalue weighted by Gasteiger charge is -2.37. The van der Waals surface area contributed by atoms with Gasteiger partial charge in [0, 0.05) is 10.9 Å². The molecule has 1 saturated carbocycles. The van der Waals surface area contributed by atoms with Crippen molar-refractivity contribution in [1.82, 2.24) is 0 Å². The van der Waals surface area contributed by atoms with Crippen LogP contribution in [-0.2, 0) is 6.42 Å². The maximum absolute atomic E-state index is 13.9. The topological polar surface area (TPSA) is 20.2 Å². The van der Waals surface area contributed by atoms with Crippen LogP contribution in [0.4, 0.5) is 4.39 Å². The van der Waals surface area contributed by atoms with Crippen molar-refractivity contribution in [2.45, 2.75) is 58.0 Å². The first-order valence-corrected chi connectivity index (χ1v) is 8.33. The highest BCUT2D eigenvalue weighted by Crippen LogP contribution is 2.38. The van der Waals surface area contributed by atoms with Gasteiger partial charge < -0.3 is 5.11 Å². The second-order valence-corrected chi connectivity index (χ2v) is 7.64. The van der Waals surface area contributed by atoms with E-state index in [2.05, 4.69) is 29.8 Å². The number of halogens is 2. The normalized spacial score (nSPS) is 27.0. The maximum Gasteiger partial charge on any atom is 0.126 e. The summed E-state index contributed by atoms with van der Waals surface area (Å²) in [6.45, 7) is 4.45. The van der Waals surface area contributed by atoms with E-state index in [0.29, 0.717) is 23.8 Å². The van der Waals surface area contributed by atoms with Crippen LogP contribution < -0.4 is 0 Å². The lowest BCUT2D eigenvalue weighted by Crippen LogP contribution is -2.38. The minimum Gasteiger partial charge on any atom is -0.390 e. The predicted octanol–water partition coefficient (Wildman–Crippen LogP) is 5.10. The second kappa shape index (κ2) is 6.57. The number of aliphatic hydroxyl groups is 1. The molecule has 3 heteroatoms. The Balaban J connectivity index is 2.08. The van der Waals surface area contributed by atoms with Crippen LogP contribution in [0.1, 0.15) is 51.5 Å². The summed E-state index contributed by atoms with van der Waals surface area (Å²) in [5, 5.41) is 10.8. The van der Waals surface area contributed by atoms with E-state index >= 15 is 0 Å². The third-order valence-electron chi connectivity index (χ3n) is 4.26. The van der Waals surface area contributed by atoms with Gasteiger partial charge in [0.15, 0.2) is 0 Å². The van der Waals surface area contributed by atoms with E-state index in [4.69, 9.17) is 0 Å². The molecule has 1 N–H and O–H groups in total. The van der Waals surface area contributed by atoms with Crippen molar-refractivity contribution in [3.05, 3.63) is 34.1 Å². The van der Waals surface area contributed by atoms with Crippen molar-refractivity contribution >= 4 is 15.9 Å². The Kier molecular flexibility index (Phi) is 5.25. The predicted molar refractivity (Wildman–Crippen MR) is 84.2 cm³/mol. The first-order chi connectivity index (χ1) is 9.38. The summed E-state index contributed by atoms with van der Waals surface area (Å²) < 4.78 is 14.7. The monoisotopic (exact) mass is 342 g/mol. The fraction of sp³-hybridized carbons (Fsp3) is 0.647. The highest BCUT2D eigenvalue weighted by atomic mass is 79.9. The molecule has 0 heterocycles. The highest BCUT2D eigenvalue weighted by molar-refractivity contribution is 9.10. The molecule has 0 amide bonds. The Morgan fingerprint density at radius 1 is 1.45 bits per heavy atom. The second-order valence-electron chi connectivity index (χ2n) is 6.73. The molecular formula is C17H24BrFO. The summed E-state index contributed by atoms with van der Waals surface area (Å²) in [5.41, 5.74) is -0.119. The zero-order chi connectivity index (χ0) is 14.8. The molecule has 0 radical (unpaired) electrons. The Hall–Kier alpha value is -0.410. The quantitative estimate of drug-likeness (QED) is 0.807. The molecule has 0 aliphatic heterocycles. The molecule has 1 nitrogen and oxygen atoms in total. The molecule has 1 aliphatic rings. The number of hydrogen-bond acceptors (Lipinski definition) is 1. The number of hydrogen-bond donors (Lipinski definition) is 1. The summed E-state index contributed by atoms with van der Waals surface area (Å²) in [6, 6.07) is 4.96. The molecule has 2 unspecified atom stereocenters. The van der Waals surface area contributed by atoms with Crippen LogP contribution in [0.3, 0.4) is 0 Å². The standard InChI is InChI=1S/C17H24BrFO/c1-12(2)8-13-4-3-7-17(20,10-13)11-14-9-15(18)5-6-16(14)19/h5-6,9,12-13,20H,3-4,7-8,10-11H2,1-2H3. The molecule has 2 atom stereocenters. The zero-order valence-electron chi connectivity index (χ0n) is 12.3. The van der Waals surface area contributed by atoms with Crippen LogP contribution >= 0.6 is 15.9 Å². The molecule has 2 rings (SSSR count). The van der Waals surface area contributed by atoms with E-state index in [1.165, 1.54) is 12.5 Å². The highest BCUT2D eigenvalue weighted by Gasteiger charge is 2.35. The van der Waals surface area contributed by atoms with Crippen LogP contribution in [0.2, 0.25) is 0 Å². The van der Waals surface area contributed by atoms with Gasteiger partial charge >= 0.3 is 0 Å². The Labute approximate surface area is 129 Å². The van der Waals surface area contributed by atoms with Crippen LogP contribution in [0.25, 0.3) is 0 Å². The minimum atomic E-state index is -0.737. The minimum absolute atomic E-state index is 0.215. The fourth-order valence-electron chi connectivity index (χ4n) is 3.52. The molecule has 1 aromatic carbocycles. The van der Waals surface area contributed by atoms with E-state index in [1.807, 2.05) is 0 Å². The molecule has 112 valence electrons. The smallest absolute Gasteiger partial charge is 0.126 e. The van der Waals surface area contributed by atoms with Crippen molar-refractivity contribution < 1.29 is 9.50 Å². The van der Waals surface area contributed by atoms with Crippen molar-refractivity contribution in [3.8, 4) is 0 Å². The van der Waals surface area contributed by atoms with E-state index in [1.54, 1.807) is 12.1 Å².